The standard InChI is InChI=1S/C20H24N2O5/c1-13(2)16(22-17(23)15-10-7-11-27-15)18(24)21-12-20(3,19(25)26)14-8-5-4-6-9-14/h4-11,13,16H,12H2,1-3H3,(H,21,24)(H,22,23)(H,25,26). The van der Waals surface area contributed by atoms with Gasteiger partial charge in [0.05, 0.1) is 6.26 Å². The highest BCUT2D eigenvalue weighted by Gasteiger charge is 2.36. The van der Waals surface area contributed by atoms with Gasteiger partial charge >= 0.3 is 5.97 Å². The predicted octanol–water partition coefficient (Wildman–Crippen LogP) is 2.19. The lowest BCUT2D eigenvalue weighted by Gasteiger charge is -2.28. The molecule has 0 fully saturated rings. The van der Waals surface area contributed by atoms with E-state index in [-0.39, 0.29) is 18.2 Å². The van der Waals surface area contributed by atoms with Crippen LogP contribution < -0.4 is 10.6 Å². The molecule has 0 saturated carbocycles. The lowest BCUT2D eigenvalue weighted by Crippen LogP contribution is -2.53. The van der Waals surface area contributed by atoms with Gasteiger partial charge in [-0.25, -0.2) is 0 Å². The van der Waals surface area contributed by atoms with E-state index >= 15 is 0 Å². The van der Waals surface area contributed by atoms with Gasteiger partial charge in [0.2, 0.25) is 5.91 Å². The second-order valence-corrected chi connectivity index (χ2v) is 6.89. The summed E-state index contributed by atoms with van der Waals surface area (Å²) in [6.45, 7) is 5.03. The summed E-state index contributed by atoms with van der Waals surface area (Å²) < 4.78 is 5.04. The lowest BCUT2D eigenvalue weighted by molar-refractivity contribution is -0.143. The smallest absolute Gasteiger partial charge is 0.315 e. The Morgan fingerprint density at radius 2 is 1.78 bits per heavy atom. The molecule has 1 heterocycles. The third kappa shape index (κ3) is 4.75. The second-order valence-electron chi connectivity index (χ2n) is 6.89. The average Bonchev–Trinajstić information content (AvgIpc) is 3.18. The van der Waals surface area contributed by atoms with Crippen molar-refractivity contribution < 1.29 is 23.9 Å². The van der Waals surface area contributed by atoms with Gasteiger partial charge in [-0.15, -0.1) is 0 Å². The quantitative estimate of drug-likeness (QED) is 0.658. The molecule has 7 nitrogen and oxygen atoms in total. The number of furan rings is 1. The third-order valence-electron chi connectivity index (χ3n) is 4.48. The van der Waals surface area contributed by atoms with Crippen molar-refractivity contribution in [3.63, 3.8) is 0 Å². The molecule has 2 aromatic rings. The van der Waals surface area contributed by atoms with Crippen LogP contribution in [0.4, 0.5) is 0 Å². The molecular formula is C20H24N2O5. The maximum absolute atomic E-state index is 12.6. The van der Waals surface area contributed by atoms with Gasteiger partial charge in [0.15, 0.2) is 5.76 Å². The van der Waals surface area contributed by atoms with E-state index in [2.05, 4.69) is 10.6 Å². The first-order chi connectivity index (χ1) is 12.8. The minimum Gasteiger partial charge on any atom is -0.481 e. The summed E-state index contributed by atoms with van der Waals surface area (Å²) in [4.78, 5) is 36.7. The van der Waals surface area contributed by atoms with E-state index in [1.165, 1.54) is 12.3 Å². The van der Waals surface area contributed by atoms with Gasteiger partial charge in [-0.05, 0) is 30.5 Å². The van der Waals surface area contributed by atoms with Crippen LogP contribution >= 0.6 is 0 Å². The molecule has 0 aliphatic carbocycles. The van der Waals surface area contributed by atoms with Crippen LogP contribution in [0.15, 0.2) is 53.1 Å². The van der Waals surface area contributed by atoms with Gasteiger partial charge in [0.25, 0.3) is 5.91 Å². The molecule has 0 aliphatic rings. The van der Waals surface area contributed by atoms with Gasteiger partial charge in [0.1, 0.15) is 11.5 Å². The summed E-state index contributed by atoms with van der Waals surface area (Å²) in [7, 11) is 0. The third-order valence-corrected chi connectivity index (χ3v) is 4.48. The van der Waals surface area contributed by atoms with Crippen LogP contribution in [0.5, 0.6) is 0 Å². The fourth-order valence-corrected chi connectivity index (χ4v) is 2.64. The normalized spacial score (nSPS) is 14.2. The summed E-state index contributed by atoms with van der Waals surface area (Å²) in [5, 5.41) is 15.0. The summed E-state index contributed by atoms with van der Waals surface area (Å²) >= 11 is 0. The molecular weight excluding hydrogens is 348 g/mol. The highest BCUT2D eigenvalue weighted by atomic mass is 16.4. The van der Waals surface area contributed by atoms with Gasteiger partial charge in [-0.2, -0.15) is 0 Å². The van der Waals surface area contributed by atoms with Crippen molar-refractivity contribution >= 4 is 17.8 Å². The van der Waals surface area contributed by atoms with E-state index in [1.807, 2.05) is 0 Å². The largest absolute Gasteiger partial charge is 0.481 e. The topological polar surface area (TPSA) is 109 Å². The van der Waals surface area contributed by atoms with Crippen molar-refractivity contribution in [2.45, 2.75) is 32.2 Å². The highest BCUT2D eigenvalue weighted by molar-refractivity contribution is 5.95. The van der Waals surface area contributed by atoms with Gasteiger partial charge in [-0.3, -0.25) is 14.4 Å². The molecule has 0 bridgehead atoms. The Balaban J connectivity index is 2.10. The minimum atomic E-state index is -1.29. The molecule has 7 heteroatoms. The van der Waals surface area contributed by atoms with E-state index in [9.17, 15) is 19.5 Å². The maximum Gasteiger partial charge on any atom is 0.315 e. The summed E-state index contributed by atoms with van der Waals surface area (Å²) in [5.74, 6) is -2.09. The molecule has 0 spiro atoms. The molecule has 3 N–H and O–H groups in total. The Kier molecular flexibility index (Phi) is 6.39. The average molecular weight is 372 g/mol. The van der Waals surface area contributed by atoms with Gasteiger partial charge in [0, 0.05) is 6.54 Å². The molecule has 144 valence electrons. The van der Waals surface area contributed by atoms with Crippen molar-refractivity contribution in [1.82, 2.24) is 10.6 Å². The number of carbonyl (C=O) groups is 3. The first kappa shape index (κ1) is 20.2. The van der Waals surface area contributed by atoms with Crippen molar-refractivity contribution in [3.8, 4) is 0 Å². The molecule has 2 rings (SSSR count). The van der Waals surface area contributed by atoms with Crippen LogP contribution in [0.25, 0.3) is 0 Å². The van der Waals surface area contributed by atoms with Crippen LogP contribution in [0.3, 0.4) is 0 Å². The van der Waals surface area contributed by atoms with E-state index in [0.29, 0.717) is 5.56 Å². The van der Waals surface area contributed by atoms with E-state index in [1.54, 1.807) is 57.2 Å². The molecule has 2 atom stereocenters. The minimum absolute atomic E-state index is 0.105. The van der Waals surface area contributed by atoms with Crippen molar-refractivity contribution in [2.24, 2.45) is 5.92 Å². The van der Waals surface area contributed by atoms with E-state index < -0.39 is 29.2 Å². The number of amides is 2. The number of hydrogen-bond donors (Lipinski definition) is 3. The molecule has 27 heavy (non-hydrogen) atoms. The zero-order valence-electron chi connectivity index (χ0n) is 15.6. The van der Waals surface area contributed by atoms with Gasteiger partial charge < -0.3 is 20.2 Å². The number of aliphatic carboxylic acids is 1. The van der Waals surface area contributed by atoms with E-state index in [4.69, 9.17) is 4.42 Å². The highest BCUT2D eigenvalue weighted by Crippen LogP contribution is 2.23. The second kappa shape index (κ2) is 8.53. The number of nitrogens with one attached hydrogen (secondary N) is 2. The number of carboxylic acids is 1. The Bertz CT molecular complexity index is 786. The van der Waals surface area contributed by atoms with Gasteiger partial charge in [-0.1, -0.05) is 44.2 Å². The zero-order valence-corrected chi connectivity index (χ0v) is 15.6. The molecule has 0 saturated heterocycles. The molecule has 0 radical (unpaired) electrons. The number of benzene rings is 1. The van der Waals surface area contributed by atoms with Crippen LogP contribution in [0.1, 0.15) is 36.9 Å². The fraction of sp³-hybridized carbons (Fsp3) is 0.350. The predicted molar refractivity (Wildman–Crippen MR) is 99.2 cm³/mol. The van der Waals surface area contributed by atoms with Crippen LogP contribution in [0, 0.1) is 5.92 Å². The van der Waals surface area contributed by atoms with Crippen LogP contribution in [0.2, 0.25) is 0 Å². The SMILES string of the molecule is CC(C)C(NC(=O)c1ccco1)C(=O)NCC(C)(C(=O)O)c1ccccc1. The van der Waals surface area contributed by atoms with Crippen LogP contribution in [-0.4, -0.2) is 35.5 Å². The number of carboxylic acid groups (broad SMARTS) is 1. The Morgan fingerprint density at radius 1 is 1.11 bits per heavy atom. The van der Waals surface area contributed by atoms with Crippen LogP contribution in [-0.2, 0) is 15.0 Å². The number of hydrogen-bond acceptors (Lipinski definition) is 4. The lowest BCUT2D eigenvalue weighted by atomic mass is 9.82. The first-order valence-corrected chi connectivity index (χ1v) is 8.66. The maximum atomic E-state index is 12.6. The molecule has 2 unspecified atom stereocenters. The zero-order chi connectivity index (χ0) is 20.0. The van der Waals surface area contributed by atoms with Crippen molar-refractivity contribution in [3.05, 3.63) is 60.1 Å². The Morgan fingerprint density at radius 3 is 2.30 bits per heavy atom. The van der Waals surface area contributed by atoms with E-state index in [0.717, 1.165) is 0 Å². The number of rotatable bonds is 8. The molecule has 1 aromatic heterocycles. The molecule has 2 amide bonds. The molecule has 1 aromatic carbocycles. The number of carbonyl (C=O) groups excluding carboxylic acids is 2. The summed E-state index contributed by atoms with van der Waals surface area (Å²) in [5.41, 5.74) is -0.706. The fourth-order valence-electron chi connectivity index (χ4n) is 2.64. The molecule has 0 aliphatic heterocycles. The van der Waals surface area contributed by atoms with Crippen molar-refractivity contribution in [2.75, 3.05) is 6.54 Å². The summed E-state index contributed by atoms with van der Waals surface area (Å²) in [6.07, 6.45) is 1.37. The Hall–Kier alpha value is -3.09. The Labute approximate surface area is 157 Å². The first-order valence-electron chi connectivity index (χ1n) is 8.66. The monoisotopic (exact) mass is 372 g/mol. The summed E-state index contributed by atoms with van der Waals surface area (Å²) in [6, 6.07) is 11.0. The van der Waals surface area contributed by atoms with Crippen molar-refractivity contribution in [1.29, 1.82) is 0 Å².